The largest absolute Gasteiger partial charge is 0.512 e. The van der Waals surface area contributed by atoms with Crippen molar-refractivity contribution in [1.29, 1.82) is 0 Å². The van der Waals surface area contributed by atoms with Gasteiger partial charge in [0.05, 0.1) is 6.20 Å². The summed E-state index contributed by atoms with van der Waals surface area (Å²) in [5, 5.41) is 12.5. The zero-order valence-electron chi connectivity index (χ0n) is 9.74. The van der Waals surface area contributed by atoms with Crippen LogP contribution in [0.15, 0.2) is 36.5 Å². The number of hydrogen-bond donors (Lipinski definition) is 1. The average molecular weight is 248 g/mol. The molecule has 0 saturated carbocycles. The second-order valence-corrected chi connectivity index (χ2v) is 3.58. The topological polar surface area (TPSA) is 73.6 Å². The van der Waals surface area contributed by atoms with Gasteiger partial charge in [-0.05, 0) is 5.56 Å². The molecule has 2 aromatic rings. The minimum absolute atomic E-state index is 0.0680. The first-order valence-electron chi connectivity index (χ1n) is 5.26. The fourth-order valence-electron chi connectivity index (χ4n) is 1.44. The first-order chi connectivity index (χ1) is 8.66. The van der Waals surface area contributed by atoms with Crippen LogP contribution in [0.25, 0.3) is 0 Å². The first kappa shape index (κ1) is 12.0. The number of benzene rings is 1. The molecule has 6 heteroatoms. The third-order valence-electron chi connectivity index (χ3n) is 2.27. The molecular formula is C12H12N2O4. The van der Waals surface area contributed by atoms with Crippen molar-refractivity contribution in [1.82, 2.24) is 9.78 Å². The van der Waals surface area contributed by atoms with Gasteiger partial charge in [-0.3, -0.25) is 0 Å². The van der Waals surface area contributed by atoms with Gasteiger partial charge in [0.25, 0.3) is 5.88 Å². The number of aromatic nitrogens is 2. The molecule has 1 heterocycles. The normalized spacial score (nSPS) is 10.1. The van der Waals surface area contributed by atoms with E-state index in [9.17, 15) is 4.79 Å². The van der Waals surface area contributed by atoms with E-state index in [-0.39, 0.29) is 5.88 Å². The van der Waals surface area contributed by atoms with Crippen molar-refractivity contribution in [2.75, 3.05) is 0 Å². The predicted octanol–water partition coefficient (Wildman–Crippen LogP) is 2.06. The summed E-state index contributed by atoms with van der Waals surface area (Å²) in [6.45, 7) is 0.322. The highest BCUT2D eigenvalue weighted by Gasteiger charge is 2.14. The van der Waals surface area contributed by atoms with Crippen molar-refractivity contribution in [3.8, 4) is 11.6 Å². The minimum Gasteiger partial charge on any atom is -0.482 e. The zero-order chi connectivity index (χ0) is 13.0. The van der Waals surface area contributed by atoms with Crippen LogP contribution < -0.4 is 9.47 Å². The Morgan fingerprint density at radius 2 is 2.11 bits per heavy atom. The Balaban J connectivity index is 2.08. The van der Waals surface area contributed by atoms with Crippen LogP contribution in [0.1, 0.15) is 5.56 Å². The Morgan fingerprint density at radius 3 is 2.78 bits per heavy atom. The van der Waals surface area contributed by atoms with Crippen molar-refractivity contribution < 1.29 is 19.4 Å². The molecule has 94 valence electrons. The number of hydrogen-bond acceptors (Lipinski definition) is 4. The van der Waals surface area contributed by atoms with Gasteiger partial charge in [0.1, 0.15) is 6.61 Å². The van der Waals surface area contributed by atoms with Gasteiger partial charge in [0.15, 0.2) is 0 Å². The predicted molar refractivity (Wildman–Crippen MR) is 62.6 cm³/mol. The molecule has 1 N–H and O–H groups in total. The van der Waals surface area contributed by atoms with Crippen LogP contribution in [-0.4, -0.2) is 21.0 Å². The van der Waals surface area contributed by atoms with Gasteiger partial charge in [-0.2, -0.15) is 5.10 Å². The van der Waals surface area contributed by atoms with Crippen LogP contribution in [0.4, 0.5) is 4.79 Å². The molecule has 1 aromatic heterocycles. The van der Waals surface area contributed by atoms with E-state index in [1.165, 1.54) is 10.9 Å². The van der Waals surface area contributed by atoms with E-state index in [2.05, 4.69) is 9.84 Å². The Morgan fingerprint density at radius 1 is 1.39 bits per heavy atom. The molecule has 0 unspecified atom stereocenters. The van der Waals surface area contributed by atoms with Crippen molar-refractivity contribution in [2.45, 2.75) is 6.61 Å². The van der Waals surface area contributed by atoms with Crippen molar-refractivity contribution in [3.63, 3.8) is 0 Å². The number of carbonyl (C=O) groups is 1. The van der Waals surface area contributed by atoms with Gasteiger partial charge in [-0.25, -0.2) is 9.48 Å². The Labute approximate surface area is 103 Å². The standard InChI is InChI=1S/C12H12N2O4/c1-14-11(18-12(15)16)10(7-13-14)17-8-9-5-3-2-4-6-9/h2-7H,8H2,1H3,(H,15,16). The van der Waals surface area contributed by atoms with Gasteiger partial charge in [-0.1, -0.05) is 30.3 Å². The summed E-state index contributed by atoms with van der Waals surface area (Å²) in [5.74, 6) is 0.363. The Kier molecular flexibility index (Phi) is 3.47. The molecule has 6 nitrogen and oxygen atoms in total. The highest BCUT2D eigenvalue weighted by atomic mass is 16.7. The lowest BCUT2D eigenvalue weighted by Gasteiger charge is -2.06. The second kappa shape index (κ2) is 5.22. The van der Waals surface area contributed by atoms with Crippen LogP contribution >= 0.6 is 0 Å². The molecular weight excluding hydrogens is 236 g/mol. The van der Waals surface area contributed by atoms with Crippen LogP contribution in [-0.2, 0) is 13.7 Å². The van der Waals surface area contributed by atoms with Crippen molar-refractivity contribution >= 4 is 6.16 Å². The van der Waals surface area contributed by atoms with E-state index in [1.807, 2.05) is 30.3 Å². The van der Waals surface area contributed by atoms with Crippen LogP contribution in [0.2, 0.25) is 0 Å². The highest BCUT2D eigenvalue weighted by molar-refractivity contribution is 5.61. The molecule has 0 bridgehead atoms. The van der Waals surface area contributed by atoms with E-state index in [0.29, 0.717) is 12.4 Å². The molecule has 0 radical (unpaired) electrons. The molecule has 0 fully saturated rings. The zero-order valence-corrected chi connectivity index (χ0v) is 9.74. The molecule has 1 aromatic carbocycles. The smallest absolute Gasteiger partial charge is 0.482 e. The third kappa shape index (κ3) is 2.79. The molecule has 0 amide bonds. The molecule has 2 rings (SSSR count). The average Bonchev–Trinajstić information content (AvgIpc) is 2.69. The second-order valence-electron chi connectivity index (χ2n) is 3.58. The number of aryl methyl sites for hydroxylation is 1. The van der Waals surface area contributed by atoms with E-state index >= 15 is 0 Å². The van der Waals surface area contributed by atoms with Gasteiger partial charge >= 0.3 is 6.16 Å². The lowest BCUT2D eigenvalue weighted by Crippen LogP contribution is -2.08. The lowest BCUT2D eigenvalue weighted by atomic mass is 10.2. The van der Waals surface area contributed by atoms with E-state index in [4.69, 9.17) is 9.84 Å². The van der Waals surface area contributed by atoms with Gasteiger partial charge in [-0.15, -0.1) is 0 Å². The molecule has 0 saturated heterocycles. The molecule has 18 heavy (non-hydrogen) atoms. The lowest BCUT2D eigenvalue weighted by molar-refractivity contribution is 0.137. The fourth-order valence-corrected chi connectivity index (χ4v) is 1.44. The SMILES string of the molecule is Cn1ncc(OCc2ccccc2)c1OC(=O)O. The summed E-state index contributed by atoms with van der Waals surface area (Å²) in [6, 6.07) is 9.53. The molecule has 0 spiro atoms. The maximum atomic E-state index is 10.5. The van der Waals surface area contributed by atoms with Crippen LogP contribution in [0, 0.1) is 0 Å². The molecule has 0 aliphatic rings. The van der Waals surface area contributed by atoms with E-state index < -0.39 is 6.16 Å². The monoisotopic (exact) mass is 248 g/mol. The summed E-state index contributed by atoms with van der Waals surface area (Å²) < 4.78 is 11.4. The first-order valence-corrected chi connectivity index (χ1v) is 5.26. The summed E-state index contributed by atoms with van der Waals surface area (Å²) in [7, 11) is 1.58. The summed E-state index contributed by atoms with van der Waals surface area (Å²) in [4.78, 5) is 10.5. The summed E-state index contributed by atoms with van der Waals surface area (Å²) in [5.41, 5.74) is 0.975. The minimum atomic E-state index is -1.40. The Bertz CT molecular complexity index is 536. The maximum absolute atomic E-state index is 10.5. The van der Waals surface area contributed by atoms with Gasteiger partial charge in [0, 0.05) is 7.05 Å². The van der Waals surface area contributed by atoms with Crippen LogP contribution in [0.5, 0.6) is 11.6 Å². The highest BCUT2D eigenvalue weighted by Crippen LogP contribution is 2.26. The van der Waals surface area contributed by atoms with Gasteiger partial charge in [0.2, 0.25) is 5.75 Å². The quantitative estimate of drug-likeness (QED) is 0.838. The Hall–Kier alpha value is -2.50. The fraction of sp³-hybridized carbons (Fsp3) is 0.167. The number of carboxylic acid groups (broad SMARTS) is 1. The number of rotatable bonds is 4. The van der Waals surface area contributed by atoms with Crippen molar-refractivity contribution in [2.24, 2.45) is 7.05 Å². The summed E-state index contributed by atoms with van der Waals surface area (Å²) in [6.07, 6.45) is 0.0180. The molecule has 0 aliphatic heterocycles. The number of nitrogens with zero attached hydrogens (tertiary/aromatic N) is 2. The van der Waals surface area contributed by atoms with E-state index in [1.54, 1.807) is 7.05 Å². The number of ether oxygens (including phenoxy) is 2. The third-order valence-corrected chi connectivity index (χ3v) is 2.27. The molecule has 0 atom stereocenters. The van der Waals surface area contributed by atoms with Crippen molar-refractivity contribution in [3.05, 3.63) is 42.1 Å². The van der Waals surface area contributed by atoms with E-state index in [0.717, 1.165) is 5.56 Å². The van der Waals surface area contributed by atoms with Crippen LogP contribution in [0.3, 0.4) is 0 Å². The maximum Gasteiger partial charge on any atom is 0.512 e. The van der Waals surface area contributed by atoms with Gasteiger partial charge < -0.3 is 14.6 Å². The molecule has 0 aliphatic carbocycles. The summed E-state index contributed by atoms with van der Waals surface area (Å²) >= 11 is 0.